The first-order valence-corrected chi connectivity index (χ1v) is 12.9. The van der Waals surface area contributed by atoms with Crippen LogP contribution in [0.4, 0.5) is 31.5 Å². The standard InChI is InChI=1S/C26H31F2N5S/c1-18-23(27)16-24(29)26(25(18)28)33(30)21-11-9-20(10-12-21)31-13-14-32(34(2)3)22(17-31)15-19-7-5-4-6-8-19/h4-12,16,22H,2,13-15,17,29-30H2,1,3H3. The Balaban J connectivity index is 1.53. The van der Waals surface area contributed by atoms with Gasteiger partial charge in [-0.2, -0.15) is 0 Å². The summed E-state index contributed by atoms with van der Waals surface area (Å²) in [4.78, 5) is 2.36. The van der Waals surface area contributed by atoms with Gasteiger partial charge in [0.2, 0.25) is 0 Å². The van der Waals surface area contributed by atoms with Crippen LogP contribution in [0.15, 0.2) is 60.7 Å². The van der Waals surface area contributed by atoms with Crippen molar-refractivity contribution >= 4 is 39.3 Å². The zero-order chi connectivity index (χ0) is 24.4. The molecule has 0 radical (unpaired) electrons. The maximum atomic E-state index is 14.7. The van der Waals surface area contributed by atoms with Crippen LogP contribution in [0.2, 0.25) is 0 Å². The molecule has 0 spiro atoms. The summed E-state index contributed by atoms with van der Waals surface area (Å²) in [5, 5.41) is 1.17. The van der Waals surface area contributed by atoms with Crippen LogP contribution in [0.5, 0.6) is 0 Å². The number of anilines is 4. The van der Waals surface area contributed by atoms with Crippen molar-refractivity contribution in [2.45, 2.75) is 19.4 Å². The number of halogens is 2. The SMILES string of the molecule is C=S(C)N1CCN(c2ccc(N(N)c3c(N)cc(F)c(C)c3F)cc2)CC1Cc1ccccc1. The molecule has 34 heavy (non-hydrogen) atoms. The molecule has 3 aromatic rings. The molecule has 0 amide bonds. The second-order valence-electron chi connectivity index (χ2n) is 8.65. The van der Waals surface area contributed by atoms with E-state index in [0.29, 0.717) is 11.7 Å². The highest BCUT2D eigenvalue weighted by atomic mass is 32.2. The summed E-state index contributed by atoms with van der Waals surface area (Å²) in [7, 11) is -0.0570. The van der Waals surface area contributed by atoms with Crippen molar-refractivity contribution < 1.29 is 8.78 Å². The van der Waals surface area contributed by atoms with Crippen molar-refractivity contribution in [3.8, 4) is 0 Å². The molecule has 2 unspecified atom stereocenters. The Bertz CT molecular complexity index is 1170. The maximum absolute atomic E-state index is 14.7. The molecule has 0 aliphatic carbocycles. The molecule has 1 saturated heterocycles. The number of nitrogens with zero attached hydrogens (tertiary/aromatic N) is 3. The predicted molar refractivity (Wildman–Crippen MR) is 142 cm³/mol. The third-order valence-electron chi connectivity index (χ3n) is 6.33. The first-order chi connectivity index (χ1) is 16.3. The third kappa shape index (κ3) is 4.94. The Hall–Kier alpha value is -2.94. The molecule has 5 nitrogen and oxygen atoms in total. The lowest BCUT2D eigenvalue weighted by molar-refractivity contribution is 0.314. The molecule has 1 aliphatic heterocycles. The van der Waals surface area contributed by atoms with Crippen molar-refractivity contribution in [1.82, 2.24) is 4.31 Å². The smallest absolute Gasteiger partial charge is 0.156 e. The van der Waals surface area contributed by atoms with E-state index in [2.05, 4.69) is 45.6 Å². The van der Waals surface area contributed by atoms with E-state index in [-0.39, 0.29) is 27.6 Å². The Morgan fingerprint density at radius 2 is 1.76 bits per heavy atom. The van der Waals surface area contributed by atoms with Gasteiger partial charge in [0.05, 0.1) is 11.4 Å². The normalized spacial score (nSPS) is 17.6. The molecule has 180 valence electrons. The van der Waals surface area contributed by atoms with Gasteiger partial charge in [0.1, 0.15) is 11.5 Å². The first kappa shape index (κ1) is 24.2. The van der Waals surface area contributed by atoms with Crippen LogP contribution in [0.25, 0.3) is 0 Å². The number of nitrogen functional groups attached to an aromatic ring is 1. The van der Waals surface area contributed by atoms with Gasteiger partial charge in [0.15, 0.2) is 5.82 Å². The lowest BCUT2D eigenvalue weighted by Crippen LogP contribution is -2.51. The number of hydrazine groups is 1. The minimum atomic E-state index is -0.757. The summed E-state index contributed by atoms with van der Waals surface area (Å²) < 4.78 is 31.0. The molecule has 1 heterocycles. The highest BCUT2D eigenvalue weighted by molar-refractivity contribution is 8.11. The molecular formula is C26H31F2N5S. The van der Waals surface area contributed by atoms with Crippen LogP contribution in [0.1, 0.15) is 11.1 Å². The lowest BCUT2D eigenvalue weighted by Gasteiger charge is -2.43. The topological polar surface area (TPSA) is 61.8 Å². The maximum Gasteiger partial charge on any atom is 0.156 e. The molecule has 4 rings (SSSR count). The molecule has 0 aromatic heterocycles. The fraction of sp³-hybridized carbons (Fsp3) is 0.269. The van der Waals surface area contributed by atoms with Crippen LogP contribution in [0.3, 0.4) is 0 Å². The molecule has 2 atom stereocenters. The molecular weight excluding hydrogens is 452 g/mol. The number of benzene rings is 3. The van der Waals surface area contributed by atoms with Crippen molar-refractivity contribution in [2.75, 3.05) is 41.5 Å². The minimum absolute atomic E-state index is 0.0337. The van der Waals surface area contributed by atoms with E-state index >= 15 is 0 Å². The van der Waals surface area contributed by atoms with Crippen molar-refractivity contribution in [3.05, 3.63) is 83.4 Å². The lowest BCUT2D eigenvalue weighted by atomic mass is 10.0. The van der Waals surface area contributed by atoms with E-state index in [1.165, 1.54) is 17.5 Å². The van der Waals surface area contributed by atoms with Crippen molar-refractivity contribution in [1.29, 1.82) is 0 Å². The van der Waals surface area contributed by atoms with E-state index in [1.807, 2.05) is 30.3 Å². The predicted octanol–water partition coefficient (Wildman–Crippen LogP) is 4.85. The summed E-state index contributed by atoms with van der Waals surface area (Å²) in [5.74, 6) is 9.03. The Kier molecular flexibility index (Phi) is 7.21. The van der Waals surface area contributed by atoms with Gasteiger partial charge >= 0.3 is 0 Å². The Morgan fingerprint density at radius 1 is 1.09 bits per heavy atom. The summed E-state index contributed by atoms with van der Waals surface area (Å²) in [6, 6.07) is 19.6. The van der Waals surface area contributed by atoms with Gasteiger partial charge in [0, 0.05) is 36.9 Å². The van der Waals surface area contributed by atoms with Crippen molar-refractivity contribution in [3.63, 3.8) is 0 Å². The third-order valence-corrected chi connectivity index (χ3v) is 7.61. The van der Waals surface area contributed by atoms with E-state index in [4.69, 9.17) is 11.6 Å². The minimum Gasteiger partial charge on any atom is -0.397 e. The van der Waals surface area contributed by atoms with Gasteiger partial charge in [-0.3, -0.25) is 5.01 Å². The van der Waals surface area contributed by atoms with Gasteiger partial charge in [-0.25, -0.2) is 18.9 Å². The highest BCUT2D eigenvalue weighted by Gasteiger charge is 2.28. The number of piperazine rings is 1. The van der Waals surface area contributed by atoms with E-state index in [1.54, 1.807) is 0 Å². The average Bonchev–Trinajstić information content (AvgIpc) is 2.83. The second-order valence-corrected chi connectivity index (χ2v) is 10.3. The number of hydrogen-bond donors (Lipinski definition) is 2. The van der Waals surface area contributed by atoms with E-state index < -0.39 is 11.6 Å². The molecule has 4 N–H and O–H groups in total. The Labute approximate surface area is 202 Å². The zero-order valence-electron chi connectivity index (χ0n) is 19.5. The molecule has 0 saturated carbocycles. The molecule has 8 heteroatoms. The fourth-order valence-corrected chi connectivity index (χ4v) is 5.50. The van der Waals surface area contributed by atoms with Crippen LogP contribution in [-0.2, 0) is 6.42 Å². The largest absolute Gasteiger partial charge is 0.397 e. The molecule has 3 aromatic carbocycles. The summed E-state index contributed by atoms with van der Waals surface area (Å²) in [6.07, 6.45) is 3.13. The van der Waals surface area contributed by atoms with E-state index in [9.17, 15) is 8.78 Å². The first-order valence-electron chi connectivity index (χ1n) is 11.2. The molecule has 0 bridgehead atoms. The van der Waals surface area contributed by atoms with E-state index in [0.717, 1.165) is 37.8 Å². The number of nitrogens with two attached hydrogens (primary N) is 2. The van der Waals surface area contributed by atoms with Gasteiger partial charge < -0.3 is 10.6 Å². The van der Waals surface area contributed by atoms with Crippen LogP contribution in [0, 0.1) is 18.6 Å². The number of hydrogen-bond acceptors (Lipinski definition) is 5. The quantitative estimate of drug-likeness (QED) is 0.227. The highest BCUT2D eigenvalue weighted by Crippen LogP contribution is 2.35. The number of rotatable bonds is 6. The van der Waals surface area contributed by atoms with Gasteiger partial charge in [0.25, 0.3) is 0 Å². The van der Waals surface area contributed by atoms with Gasteiger partial charge in [-0.05, 0) is 55.5 Å². The Morgan fingerprint density at radius 3 is 2.41 bits per heavy atom. The second kappa shape index (κ2) is 10.1. The zero-order valence-corrected chi connectivity index (χ0v) is 20.4. The van der Waals surface area contributed by atoms with Crippen LogP contribution < -0.4 is 21.5 Å². The van der Waals surface area contributed by atoms with Crippen LogP contribution in [-0.4, -0.2) is 42.1 Å². The summed E-state index contributed by atoms with van der Waals surface area (Å²) in [5.41, 5.74) is 8.63. The van der Waals surface area contributed by atoms with Crippen molar-refractivity contribution in [2.24, 2.45) is 5.84 Å². The summed E-state index contributed by atoms with van der Waals surface area (Å²) in [6.45, 7) is 4.07. The molecule has 1 aliphatic rings. The van der Waals surface area contributed by atoms with Gasteiger partial charge in [-0.1, -0.05) is 36.2 Å². The van der Waals surface area contributed by atoms with Crippen LogP contribution >= 0.6 is 10.7 Å². The van der Waals surface area contributed by atoms with Gasteiger partial charge in [-0.15, -0.1) is 10.7 Å². The monoisotopic (exact) mass is 483 g/mol. The molecule has 1 fully saturated rings. The average molecular weight is 484 g/mol. The summed E-state index contributed by atoms with van der Waals surface area (Å²) >= 11 is 0. The fourth-order valence-electron chi connectivity index (χ4n) is 4.46.